The van der Waals surface area contributed by atoms with E-state index in [1.807, 2.05) is 60.2 Å². The maximum Gasteiger partial charge on any atom is 0.341 e. The van der Waals surface area contributed by atoms with E-state index in [2.05, 4.69) is 10.1 Å². The molecule has 5 rings (SSSR count). The molecule has 8 nitrogen and oxygen atoms in total. The predicted octanol–water partition coefficient (Wildman–Crippen LogP) is 3.97. The molecule has 0 spiro atoms. The van der Waals surface area contributed by atoms with Crippen LogP contribution in [0.1, 0.15) is 21.5 Å². The minimum Gasteiger partial charge on any atom is -0.497 e. The molecule has 3 heterocycles. The number of aromatic amines is 1. The van der Waals surface area contributed by atoms with Gasteiger partial charge >= 0.3 is 5.97 Å². The molecule has 0 saturated heterocycles. The molecule has 1 N–H and O–H groups in total. The van der Waals surface area contributed by atoms with Crippen LogP contribution in [-0.4, -0.2) is 39.5 Å². The van der Waals surface area contributed by atoms with E-state index in [1.54, 1.807) is 19.5 Å². The van der Waals surface area contributed by atoms with Gasteiger partial charge in [-0.15, -0.1) is 0 Å². The fourth-order valence-electron chi connectivity index (χ4n) is 4.25. The second kappa shape index (κ2) is 8.55. The van der Waals surface area contributed by atoms with E-state index in [4.69, 9.17) is 9.47 Å². The number of rotatable bonds is 6. The topological polar surface area (TPSA) is 91.1 Å². The maximum absolute atomic E-state index is 13.3. The first-order valence-electron chi connectivity index (χ1n) is 10.9. The smallest absolute Gasteiger partial charge is 0.341 e. The largest absolute Gasteiger partial charge is 0.497 e. The summed E-state index contributed by atoms with van der Waals surface area (Å²) in [5.41, 5.74) is 4.39. The van der Waals surface area contributed by atoms with Gasteiger partial charge in [0.05, 0.1) is 25.5 Å². The molecule has 34 heavy (non-hydrogen) atoms. The molecule has 3 aromatic rings. The number of benzene rings is 2. The molecule has 0 saturated carbocycles. The summed E-state index contributed by atoms with van der Waals surface area (Å²) in [4.78, 5) is 29.1. The average molecular weight is 457 g/mol. The monoisotopic (exact) mass is 456 g/mol. The molecule has 0 bridgehead atoms. The predicted molar refractivity (Wildman–Crippen MR) is 129 cm³/mol. The Balaban J connectivity index is 1.56. The number of H-pyrrole nitrogens is 1. The van der Waals surface area contributed by atoms with Gasteiger partial charge in [0, 0.05) is 36.0 Å². The van der Waals surface area contributed by atoms with E-state index in [0.29, 0.717) is 29.9 Å². The highest BCUT2D eigenvalue weighted by atomic mass is 16.5. The van der Waals surface area contributed by atoms with Crippen LogP contribution in [0, 0.1) is 6.92 Å². The lowest BCUT2D eigenvalue weighted by Crippen LogP contribution is -2.16. The van der Waals surface area contributed by atoms with Gasteiger partial charge in [0.15, 0.2) is 0 Å². The van der Waals surface area contributed by atoms with Gasteiger partial charge < -0.3 is 19.0 Å². The lowest BCUT2D eigenvalue weighted by molar-refractivity contribution is 0.0600. The molecule has 0 amide bonds. The van der Waals surface area contributed by atoms with Crippen LogP contribution in [0.4, 0.5) is 0 Å². The number of ether oxygens (including phenoxy) is 2. The lowest BCUT2D eigenvalue weighted by Gasteiger charge is -2.11. The number of hydrogen-bond acceptors (Lipinski definition) is 5. The fourth-order valence-corrected chi connectivity index (χ4v) is 4.25. The molecular weight excluding hydrogens is 432 g/mol. The first-order valence-corrected chi connectivity index (χ1v) is 10.9. The second-order valence-corrected chi connectivity index (χ2v) is 8.14. The summed E-state index contributed by atoms with van der Waals surface area (Å²) in [5, 5.41) is 5.57. The number of pyridine rings is 1. The van der Waals surface area contributed by atoms with Crippen molar-refractivity contribution in [3.05, 3.63) is 88.1 Å². The molecule has 0 unspecified atom stereocenters. The number of carbonyl (C=O) groups is 1. The SMILES string of the molecule is COC(=O)c1cn(CCc2c[nH]c3ccc(OC)cc23)cc2c(=O)n(-c3ccccc3C)nc1-2. The third-order valence-corrected chi connectivity index (χ3v) is 6.09. The number of hydrogen-bond donors (Lipinski definition) is 1. The maximum atomic E-state index is 13.3. The second-order valence-electron chi connectivity index (χ2n) is 8.14. The highest BCUT2D eigenvalue weighted by Crippen LogP contribution is 2.26. The van der Waals surface area contributed by atoms with Crippen LogP contribution >= 0.6 is 0 Å². The normalized spacial score (nSPS) is 11.3. The number of methoxy groups -OCH3 is 2. The van der Waals surface area contributed by atoms with Crippen LogP contribution in [0.25, 0.3) is 27.8 Å². The number of carbonyl (C=O) groups excluding carboxylic acids is 1. The molecule has 2 aliphatic rings. The van der Waals surface area contributed by atoms with Crippen molar-refractivity contribution in [3.8, 4) is 22.7 Å². The molecule has 0 radical (unpaired) electrons. The van der Waals surface area contributed by atoms with E-state index in [9.17, 15) is 9.59 Å². The van der Waals surface area contributed by atoms with Gasteiger partial charge in [-0.25, -0.2) is 4.79 Å². The van der Waals surface area contributed by atoms with Gasteiger partial charge in [-0.05, 0) is 48.7 Å². The Morgan fingerprint density at radius 2 is 1.94 bits per heavy atom. The van der Waals surface area contributed by atoms with E-state index < -0.39 is 5.97 Å². The van der Waals surface area contributed by atoms with E-state index in [-0.39, 0.29) is 11.1 Å². The quantitative estimate of drug-likeness (QED) is 0.391. The van der Waals surface area contributed by atoms with E-state index in [1.165, 1.54) is 11.8 Å². The van der Waals surface area contributed by atoms with E-state index in [0.717, 1.165) is 27.8 Å². The molecule has 1 aromatic heterocycles. The number of aromatic nitrogens is 4. The van der Waals surface area contributed by atoms with Crippen LogP contribution in [0.5, 0.6) is 5.75 Å². The van der Waals surface area contributed by atoms with Crippen molar-refractivity contribution in [3.63, 3.8) is 0 Å². The number of fused-ring (bicyclic) bond motifs is 2. The number of aryl methyl sites for hydroxylation is 3. The number of para-hydroxylation sites is 1. The molecule has 2 aliphatic heterocycles. The molecular formula is C26H24N4O4. The molecule has 0 fully saturated rings. The lowest BCUT2D eigenvalue weighted by atomic mass is 10.1. The Bertz CT molecular complexity index is 1540. The van der Waals surface area contributed by atoms with Crippen LogP contribution in [0.15, 0.2) is 65.8 Å². The van der Waals surface area contributed by atoms with Crippen molar-refractivity contribution >= 4 is 16.9 Å². The summed E-state index contributed by atoms with van der Waals surface area (Å²) < 4.78 is 13.5. The summed E-state index contributed by atoms with van der Waals surface area (Å²) in [6.07, 6.45) is 6.10. The average Bonchev–Trinajstić information content (AvgIpc) is 3.42. The highest BCUT2D eigenvalue weighted by Gasteiger charge is 2.25. The minimum absolute atomic E-state index is 0.255. The number of esters is 1. The van der Waals surface area contributed by atoms with Crippen molar-refractivity contribution in [2.24, 2.45) is 0 Å². The Morgan fingerprint density at radius 3 is 2.71 bits per heavy atom. The highest BCUT2D eigenvalue weighted by molar-refractivity contribution is 5.96. The van der Waals surface area contributed by atoms with Crippen molar-refractivity contribution < 1.29 is 14.3 Å². The molecule has 172 valence electrons. The van der Waals surface area contributed by atoms with Crippen molar-refractivity contribution in [2.75, 3.05) is 14.2 Å². The van der Waals surface area contributed by atoms with Crippen LogP contribution < -0.4 is 10.3 Å². The van der Waals surface area contributed by atoms with Crippen molar-refractivity contribution in [1.82, 2.24) is 19.3 Å². The number of nitrogens with one attached hydrogen (secondary N) is 1. The van der Waals surface area contributed by atoms with Gasteiger partial charge in [-0.2, -0.15) is 9.78 Å². The summed E-state index contributed by atoms with van der Waals surface area (Å²) in [7, 11) is 2.96. The molecule has 2 aromatic carbocycles. The summed E-state index contributed by atoms with van der Waals surface area (Å²) in [6.45, 7) is 2.47. The van der Waals surface area contributed by atoms with Gasteiger partial charge in [0.1, 0.15) is 17.0 Å². The van der Waals surface area contributed by atoms with Crippen LogP contribution in [0.2, 0.25) is 0 Å². The van der Waals surface area contributed by atoms with Crippen molar-refractivity contribution in [1.29, 1.82) is 0 Å². The zero-order chi connectivity index (χ0) is 23.8. The summed E-state index contributed by atoms with van der Waals surface area (Å²) >= 11 is 0. The number of nitrogens with zero attached hydrogens (tertiary/aromatic N) is 3. The third-order valence-electron chi connectivity index (χ3n) is 6.09. The van der Waals surface area contributed by atoms with Gasteiger partial charge in [0.2, 0.25) is 0 Å². The zero-order valence-electron chi connectivity index (χ0n) is 19.2. The minimum atomic E-state index is -0.536. The first kappa shape index (κ1) is 21.5. The zero-order valence-corrected chi connectivity index (χ0v) is 19.2. The van der Waals surface area contributed by atoms with Crippen molar-refractivity contribution in [2.45, 2.75) is 19.9 Å². The third kappa shape index (κ3) is 3.63. The fraction of sp³-hybridized carbons (Fsp3) is 0.192. The van der Waals surface area contributed by atoms with Gasteiger partial charge in [-0.3, -0.25) is 4.79 Å². The summed E-state index contributed by atoms with van der Waals surface area (Å²) in [5.74, 6) is 0.251. The van der Waals surface area contributed by atoms with Gasteiger partial charge in [0.25, 0.3) is 5.56 Å². The first-order chi connectivity index (χ1) is 16.5. The van der Waals surface area contributed by atoms with Crippen LogP contribution in [-0.2, 0) is 17.7 Å². The Morgan fingerprint density at radius 1 is 1.12 bits per heavy atom. The molecule has 8 heteroatoms. The molecule has 0 aliphatic carbocycles. The van der Waals surface area contributed by atoms with E-state index >= 15 is 0 Å². The Kier molecular flexibility index (Phi) is 5.41. The van der Waals surface area contributed by atoms with Crippen LogP contribution in [0.3, 0.4) is 0 Å². The standard InChI is InChI=1S/C26H24N4O4/c1-16-6-4-5-7-23(16)30-25(31)20-14-29(15-21(24(20)28-30)26(32)34-3)11-10-17-13-27-22-9-8-18(33-2)12-19(17)22/h4-9,12-15,27H,10-11H2,1-3H3. The Labute approximate surface area is 195 Å². The summed E-state index contributed by atoms with van der Waals surface area (Å²) in [6, 6.07) is 13.4. The van der Waals surface area contributed by atoms with Gasteiger partial charge in [-0.1, -0.05) is 18.2 Å². The Hall–Kier alpha value is -4.33. The molecule has 0 atom stereocenters.